The fraction of sp³-hybridized carbons (Fsp3) is 0.160. The van der Waals surface area contributed by atoms with Crippen molar-refractivity contribution in [1.82, 2.24) is 9.55 Å². The molecule has 4 aromatic rings. The van der Waals surface area contributed by atoms with E-state index in [0.29, 0.717) is 22.6 Å². The largest absolute Gasteiger partial charge is 0.373 e. The molecule has 2 aromatic heterocycles. The van der Waals surface area contributed by atoms with Crippen LogP contribution in [0.4, 0.5) is 26.4 Å². The van der Waals surface area contributed by atoms with Gasteiger partial charge in [0, 0.05) is 47.6 Å². The van der Waals surface area contributed by atoms with Gasteiger partial charge in [-0.3, -0.25) is 4.79 Å². The van der Waals surface area contributed by atoms with Crippen molar-refractivity contribution in [3.8, 4) is 11.1 Å². The van der Waals surface area contributed by atoms with E-state index in [2.05, 4.69) is 20.9 Å². The summed E-state index contributed by atoms with van der Waals surface area (Å²) in [5.74, 6) is -0.0907. The number of hydrogen-bond donors (Lipinski definition) is 3. The fourth-order valence-corrected chi connectivity index (χ4v) is 3.98. The first-order valence-corrected chi connectivity index (χ1v) is 11.0. The van der Waals surface area contributed by atoms with Gasteiger partial charge in [0.1, 0.15) is 11.6 Å². The summed E-state index contributed by atoms with van der Waals surface area (Å²) in [4.78, 5) is 30.3. The lowest BCUT2D eigenvalue weighted by molar-refractivity contribution is 0.262. The van der Waals surface area contributed by atoms with Crippen molar-refractivity contribution in [2.45, 2.75) is 19.9 Å². The number of nitrogens with one attached hydrogen (secondary N) is 3. The maximum absolute atomic E-state index is 14.7. The molecule has 0 saturated heterocycles. The number of para-hydroxylation sites is 1. The number of hydrogen-bond acceptors (Lipinski definition) is 4. The van der Waals surface area contributed by atoms with Crippen LogP contribution in [0.25, 0.3) is 22.0 Å². The van der Waals surface area contributed by atoms with Gasteiger partial charge in [0.15, 0.2) is 0 Å². The summed E-state index contributed by atoms with van der Waals surface area (Å²) in [7, 11) is 1.75. The summed E-state index contributed by atoms with van der Waals surface area (Å²) >= 11 is 6.36. The number of carbonyl (C=O) groups excluding carboxylic acids is 1. The van der Waals surface area contributed by atoms with Crippen molar-refractivity contribution in [3.05, 3.63) is 82.0 Å². The lowest BCUT2D eigenvalue weighted by Gasteiger charge is -2.18. The van der Waals surface area contributed by atoms with Crippen molar-refractivity contribution in [2.75, 3.05) is 23.0 Å². The SMILES string of the molecule is CNc1cc2c(cn1)cc(-c1cc(NC(=O)Nc3ccccc3)c(F)cc1Cl)c(=O)n2C(C)C. The monoisotopic (exact) mass is 479 g/mol. The average molecular weight is 480 g/mol. The standard InChI is InChI=1S/C25H23ClFN5O2/c1-14(2)32-22-12-23(28-3)29-13-15(22)9-18(24(32)33)17-10-21(20(27)11-19(17)26)31-25(34)30-16-7-5-4-6-8-16/h4-14H,1-3H3,(H,28,29)(H2,30,31,34). The lowest BCUT2D eigenvalue weighted by atomic mass is 10.0. The molecule has 0 aliphatic rings. The summed E-state index contributed by atoms with van der Waals surface area (Å²) in [5.41, 5.74) is 1.45. The van der Waals surface area contributed by atoms with Gasteiger partial charge in [0.25, 0.3) is 5.56 Å². The Labute approximate surface area is 200 Å². The Kier molecular flexibility index (Phi) is 6.51. The Morgan fingerprint density at radius 3 is 2.47 bits per heavy atom. The Bertz CT molecular complexity index is 1440. The van der Waals surface area contributed by atoms with Crippen LogP contribution in [0.15, 0.2) is 65.6 Å². The third-order valence-corrected chi connectivity index (χ3v) is 5.63. The molecule has 7 nitrogen and oxygen atoms in total. The average Bonchev–Trinajstić information content (AvgIpc) is 2.80. The number of urea groups is 1. The number of amides is 2. The number of halogens is 2. The molecular formula is C25H23ClFN5O2. The molecule has 0 spiro atoms. The van der Waals surface area contributed by atoms with E-state index < -0.39 is 11.8 Å². The summed E-state index contributed by atoms with van der Waals surface area (Å²) in [6.07, 6.45) is 1.66. The molecule has 0 fully saturated rings. The molecule has 0 aliphatic heterocycles. The minimum Gasteiger partial charge on any atom is -0.373 e. The molecule has 3 N–H and O–H groups in total. The van der Waals surface area contributed by atoms with Crippen LogP contribution in [-0.2, 0) is 0 Å². The number of fused-ring (bicyclic) bond motifs is 1. The maximum Gasteiger partial charge on any atom is 0.323 e. The van der Waals surface area contributed by atoms with Crippen LogP contribution < -0.4 is 21.5 Å². The van der Waals surface area contributed by atoms with E-state index in [9.17, 15) is 14.0 Å². The Hall–Kier alpha value is -3.91. The zero-order valence-electron chi connectivity index (χ0n) is 18.8. The topological polar surface area (TPSA) is 88.1 Å². The van der Waals surface area contributed by atoms with E-state index in [4.69, 9.17) is 11.6 Å². The maximum atomic E-state index is 14.7. The number of rotatable bonds is 5. The van der Waals surface area contributed by atoms with Gasteiger partial charge in [-0.05, 0) is 44.2 Å². The van der Waals surface area contributed by atoms with Crippen LogP contribution >= 0.6 is 11.6 Å². The Morgan fingerprint density at radius 1 is 1.06 bits per heavy atom. The van der Waals surface area contributed by atoms with Crippen LogP contribution in [0.3, 0.4) is 0 Å². The van der Waals surface area contributed by atoms with Crippen LogP contribution in [0.5, 0.6) is 0 Å². The van der Waals surface area contributed by atoms with E-state index >= 15 is 0 Å². The predicted molar refractivity (Wildman–Crippen MR) is 135 cm³/mol. The highest BCUT2D eigenvalue weighted by atomic mass is 35.5. The first-order valence-electron chi connectivity index (χ1n) is 10.6. The molecule has 9 heteroatoms. The molecule has 0 atom stereocenters. The first kappa shape index (κ1) is 23.3. The van der Waals surface area contributed by atoms with Gasteiger partial charge in [0.2, 0.25) is 0 Å². The second-order valence-corrected chi connectivity index (χ2v) is 8.37. The molecule has 34 heavy (non-hydrogen) atoms. The van der Waals surface area contributed by atoms with Crippen molar-refractivity contribution >= 4 is 45.7 Å². The van der Waals surface area contributed by atoms with Gasteiger partial charge in [-0.15, -0.1) is 0 Å². The second kappa shape index (κ2) is 9.52. The first-order chi connectivity index (χ1) is 16.3. The molecule has 4 rings (SSSR count). The number of anilines is 3. The molecular weight excluding hydrogens is 457 g/mol. The summed E-state index contributed by atoms with van der Waals surface area (Å²) < 4.78 is 16.3. The second-order valence-electron chi connectivity index (χ2n) is 7.96. The van der Waals surface area contributed by atoms with Crippen molar-refractivity contribution in [1.29, 1.82) is 0 Å². The van der Waals surface area contributed by atoms with Crippen molar-refractivity contribution in [3.63, 3.8) is 0 Å². The van der Waals surface area contributed by atoms with Gasteiger partial charge in [0.05, 0.1) is 16.2 Å². The summed E-state index contributed by atoms with van der Waals surface area (Å²) in [6.45, 7) is 3.80. The lowest BCUT2D eigenvalue weighted by Crippen LogP contribution is -2.24. The number of carbonyl (C=O) groups is 1. The molecule has 0 aliphatic carbocycles. The Morgan fingerprint density at radius 2 is 1.79 bits per heavy atom. The molecule has 2 aromatic carbocycles. The van der Waals surface area contributed by atoms with Gasteiger partial charge < -0.3 is 20.5 Å². The fourth-order valence-electron chi connectivity index (χ4n) is 3.73. The number of benzene rings is 2. The van der Waals surface area contributed by atoms with E-state index in [-0.39, 0.29) is 27.9 Å². The zero-order chi connectivity index (χ0) is 24.4. The predicted octanol–water partition coefficient (Wildman–Crippen LogP) is 6.12. The van der Waals surface area contributed by atoms with Crippen LogP contribution in [-0.4, -0.2) is 22.6 Å². The summed E-state index contributed by atoms with van der Waals surface area (Å²) in [5, 5.41) is 8.87. The van der Waals surface area contributed by atoms with Gasteiger partial charge in [-0.25, -0.2) is 14.2 Å². The molecule has 0 saturated carbocycles. The third-order valence-electron chi connectivity index (χ3n) is 5.32. The van der Waals surface area contributed by atoms with Crippen LogP contribution in [0, 0.1) is 5.82 Å². The molecule has 174 valence electrons. The van der Waals surface area contributed by atoms with E-state index in [0.717, 1.165) is 11.5 Å². The molecule has 2 amide bonds. The van der Waals surface area contributed by atoms with Crippen LogP contribution in [0.1, 0.15) is 19.9 Å². The molecule has 0 unspecified atom stereocenters. The number of aromatic nitrogens is 2. The van der Waals surface area contributed by atoms with Gasteiger partial charge in [-0.1, -0.05) is 29.8 Å². The molecule has 0 radical (unpaired) electrons. The van der Waals surface area contributed by atoms with Crippen molar-refractivity contribution in [2.24, 2.45) is 0 Å². The van der Waals surface area contributed by atoms with E-state index in [1.807, 2.05) is 19.9 Å². The quantitative estimate of drug-likeness (QED) is 0.321. The smallest absolute Gasteiger partial charge is 0.323 e. The highest BCUT2D eigenvalue weighted by Crippen LogP contribution is 2.33. The Balaban J connectivity index is 1.80. The van der Waals surface area contributed by atoms with Crippen molar-refractivity contribution < 1.29 is 9.18 Å². The normalized spacial score (nSPS) is 11.0. The minimum atomic E-state index is -0.720. The number of nitrogens with zero attached hydrogens (tertiary/aromatic N) is 2. The molecule has 2 heterocycles. The molecule has 0 bridgehead atoms. The highest BCUT2D eigenvalue weighted by Gasteiger charge is 2.19. The van der Waals surface area contributed by atoms with Gasteiger partial charge >= 0.3 is 6.03 Å². The summed E-state index contributed by atoms with van der Waals surface area (Å²) in [6, 6.07) is 13.9. The zero-order valence-corrected chi connectivity index (χ0v) is 19.6. The van der Waals surface area contributed by atoms with E-state index in [1.165, 1.54) is 6.07 Å². The third kappa shape index (κ3) is 4.58. The van der Waals surface area contributed by atoms with Gasteiger partial charge in [-0.2, -0.15) is 0 Å². The minimum absolute atomic E-state index is 0.0538. The van der Waals surface area contributed by atoms with E-state index in [1.54, 1.807) is 54.2 Å². The van der Waals surface area contributed by atoms with Crippen LogP contribution in [0.2, 0.25) is 5.02 Å². The number of pyridine rings is 2. The highest BCUT2D eigenvalue weighted by molar-refractivity contribution is 6.33.